The van der Waals surface area contributed by atoms with Gasteiger partial charge in [0.1, 0.15) is 5.82 Å². The van der Waals surface area contributed by atoms with Crippen molar-refractivity contribution in [2.45, 2.75) is 13.1 Å². The zero-order valence-electron chi connectivity index (χ0n) is 17.3. The Morgan fingerprint density at radius 2 is 1.83 bits per heavy atom. The summed E-state index contributed by atoms with van der Waals surface area (Å²) in [6, 6.07) is 10.1. The molecule has 0 radical (unpaired) electrons. The molecule has 1 aliphatic heterocycles. The molecule has 10 heteroatoms. The number of aliphatic imine (C=N–C) groups is 1. The highest BCUT2D eigenvalue weighted by atomic mass is 127. The molecule has 0 amide bonds. The molecule has 0 atom stereocenters. The third kappa shape index (κ3) is 5.36. The van der Waals surface area contributed by atoms with Crippen molar-refractivity contribution >= 4 is 41.4 Å². The molecule has 0 bridgehead atoms. The standard InChI is InChI=1S/C20H27N9.HI/c1-21-20(24-15-19-26-25-18-5-3-4-8-29(18)19)23-14-16-6-7-17(22-13-16)28-11-9-27(2)10-12-28;/h3-8,13H,9-12,14-15H2,1-2H3,(H2,21,23,24);1H. The third-order valence-electron chi connectivity index (χ3n) is 5.12. The maximum absolute atomic E-state index is 4.64. The highest BCUT2D eigenvalue weighted by Crippen LogP contribution is 2.13. The van der Waals surface area contributed by atoms with Crippen LogP contribution in [0.15, 0.2) is 47.7 Å². The van der Waals surface area contributed by atoms with E-state index in [2.05, 4.69) is 59.8 Å². The van der Waals surface area contributed by atoms with Gasteiger partial charge in [-0.3, -0.25) is 9.39 Å². The average molecular weight is 521 g/mol. The zero-order valence-corrected chi connectivity index (χ0v) is 19.7. The topological polar surface area (TPSA) is 86.0 Å². The van der Waals surface area contributed by atoms with Crippen LogP contribution in [-0.4, -0.2) is 70.7 Å². The number of pyridine rings is 2. The van der Waals surface area contributed by atoms with Crippen molar-refractivity contribution in [2.75, 3.05) is 45.2 Å². The van der Waals surface area contributed by atoms with Gasteiger partial charge in [-0.15, -0.1) is 34.2 Å². The summed E-state index contributed by atoms with van der Waals surface area (Å²) in [5, 5.41) is 15.0. The summed E-state index contributed by atoms with van der Waals surface area (Å²) >= 11 is 0. The summed E-state index contributed by atoms with van der Waals surface area (Å²) in [4.78, 5) is 13.6. The van der Waals surface area contributed by atoms with Crippen molar-refractivity contribution in [2.24, 2.45) is 4.99 Å². The van der Waals surface area contributed by atoms with Gasteiger partial charge in [-0.25, -0.2) is 4.98 Å². The summed E-state index contributed by atoms with van der Waals surface area (Å²) in [6.07, 6.45) is 3.89. The molecular weight excluding hydrogens is 493 g/mol. The number of hydrogen-bond acceptors (Lipinski definition) is 6. The number of rotatable bonds is 5. The van der Waals surface area contributed by atoms with Crippen molar-refractivity contribution in [3.05, 3.63) is 54.1 Å². The van der Waals surface area contributed by atoms with Gasteiger partial charge in [-0.2, -0.15) is 0 Å². The van der Waals surface area contributed by atoms with Crippen LogP contribution < -0.4 is 15.5 Å². The van der Waals surface area contributed by atoms with Crippen molar-refractivity contribution in [1.29, 1.82) is 0 Å². The number of halogens is 1. The lowest BCUT2D eigenvalue weighted by Gasteiger charge is -2.33. The van der Waals surface area contributed by atoms with Crippen LogP contribution in [0.2, 0.25) is 0 Å². The van der Waals surface area contributed by atoms with E-state index >= 15 is 0 Å². The van der Waals surface area contributed by atoms with Crippen LogP contribution in [0.25, 0.3) is 5.65 Å². The Kier molecular flexibility index (Phi) is 7.80. The summed E-state index contributed by atoms with van der Waals surface area (Å²) in [5.74, 6) is 2.59. The van der Waals surface area contributed by atoms with E-state index in [1.165, 1.54) is 0 Å². The second-order valence-electron chi connectivity index (χ2n) is 7.14. The van der Waals surface area contributed by atoms with Crippen molar-refractivity contribution in [1.82, 2.24) is 35.1 Å². The Bertz CT molecular complexity index is 962. The van der Waals surface area contributed by atoms with E-state index < -0.39 is 0 Å². The normalized spacial score (nSPS) is 15.1. The number of guanidine groups is 1. The third-order valence-corrected chi connectivity index (χ3v) is 5.12. The van der Waals surface area contributed by atoms with Crippen LogP contribution in [0, 0.1) is 0 Å². The van der Waals surface area contributed by atoms with Crippen molar-refractivity contribution < 1.29 is 0 Å². The van der Waals surface area contributed by atoms with Gasteiger partial charge in [0.05, 0.1) is 6.54 Å². The quantitative estimate of drug-likeness (QED) is 0.298. The van der Waals surface area contributed by atoms with Crippen molar-refractivity contribution in [3.63, 3.8) is 0 Å². The molecule has 0 unspecified atom stereocenters. The fourth-order valence-electron chi connectivity index (χ4n) is 3.32. The van der Waals surface area contributed by atoms with E-state index in [0.29, 0.717) is 19.0 Å². The van der Waals surface area contributed by atoms with E-state index in [0.717, 1.165) is 49.0 Å². The molecule has 1 saturated heterocycles. The molecular formula is C20H28IN9. The molecule has 4 heterocycles. The SMILES string of the molecule is CN=C(NCc1ccc(N2CCN(C)CC2)nc1)NCc1nnc2ccccn12.I. The summed E-state index contributed by atoms with van der Waals surface area (Å²) < 4.78 is 1.96. The molecule has 0 saturated carbocycles. The largest absolute Gasteiger partial charge is 0.354 e. The van der Waals surface area contributed by atoms with Gasteiger partial charge >= 0.3 is 0 Å². The number of likely N-dealkylation sites (N-methyl/N-ethyl adjacent to an activating group) is 1. The summed E-state index contributed by atoms with van der Waals surface area (Å²) in [5.41, 5.74) is 1.94. The van der Waals surface area contributed by atoms with Gasteiger partial charge in [0.25, 0.3) is 0 Å². The van der Waals surface area contributed by atoms with E-state index in [9.17, 15) is 0 Å². The molecule has 9 nitrogen and oxygen atoms in total. The number of piperazine rings is 1. The number of nitrogens with zero attached hydrogens (tertiary/aromatic N) is 7. The first-order valence-corrected chi connectivity index (χ1v) is 9.84. The Balaban J connectivity index is 0.00000256. The lowest BCUT2D eigenvalue weighted by atomic mass is 10.2. The van der Waals surface area contributed by atoms with Crippen LogP contribution >= 0.6 is 24.0 Å². The van der Waals surface area contributed by atoms with Gasteiger partial charge in [0.2, 0.25) is 0 Å². The first kappa shape index (κ1) is 22.2. The minimum absolute atomic E-state index is 0. The Morgan fingerprint density at radius 1 is 1.03 bits per heavy atom. The summed E-state index contributed by atoms with van der Waals surface area (Å²) in [6.45, 7) is 5.38. The van der Waals surface area contributed by atoms with Crippen LogP contribution in [0.3, 0.4) is 0 Å². The first-order valence-electron chi connectivity index (χ1n) is 9.84. The smallest absolute Gasteiger partial charge is 0.191 e. The Labute approximate surface area is 193 Å². The maximum Gasteiger partial charge on any atom is 0.191 e. The Morgan fingerprint density at radius 3 is 2.57 bits per heavy atom. The molecule has 1 aliphatic rings. The van der Waals surface area contributed by atoms with Gasteiger partial charge in [0, 0.05) is 52.2 Å². The van der Waals surface area contributed by atoms with E-state index in [-0.39, 0.29) is 24.0 Å². The van der Waals surface area contributed by atoms with E-state index in [1.54, 1.807) is 7.05 Å². The van der Waals surface area contributed by atoms with Crippen LogP contribution in [-0.2, 0) is 13.1 Å². The highest BCUT2D eigenvalue weighted by molar-refractivity contribution is 14.0. The lowest BCUT2D eigenvalue weighted by Crippen LogP contribution is -2.44. The molecule has 3 aromatic rings. The highest BCUT2D eigenvalue weighted by Gasteiger charge is 2.15. The number of anilines is 1. The number of nitrogens with one attached hydrogen (secondary N) is 2. The summed E-state index contributed by atoms with van der Waals surface area (Å²) in [7, 11) is 3.91. The van der Waals surface area contributed by atoms with Gasteiger partial charge < -0.3 is 20.4 Å². The predicted octanol–water partition coefficient (Wildman–Crippen LogP) is 1.36. The Hall–Kier alpha value is -2.47. The van der Waals surface area contributed by atoms with Crippen LogP contribution in [0.1, 0.15) is 11.4 Å². The molecule has 160 valence electrons. The molecule has 4 rings (SSSR count). The minimum atomic E-state index is 0. The molecule has 0 aromatic carbocycles. The fraction of sp³-hybridized carbons (Fsp3) is 0.400. The number of aromatic nitrogens is 4. The maximum atomic E-state index is 4.64. The number of fused-ring (bicyclic) bond motifs is 1. The first-order chi connectivity index (χ1) is 14.2. The molecule has 0 spiro atoms. The number of hydrogen-bond donors (Lipinski definition) is 2. The molecule has 2 N–H and O–H groups in total. The molecule has 30 heavy (non-hydrogen) atoms. The monoisotopic (exact) mass is 521 g/mol. The van der Waals surface area contributed by atoms with Crippen molar-refractivity contribution in [3.8, 4) is 0 Å². The van der Waals surface area contributed by atoms with E-state index in [4.69, 9.17) is 0 Å². The second-order valence-corrected chi connectivity index (χ2v) is 7.14. The minimum Gasteiger partial charge on any atom is -0.354 e. The second kappa shape index (κ2) is 10.5. The molecule has 3 aromatic heterocycles. The van der Waals surface area contributed by atoms with Gasteiger partial charge in [0.15, 0.2) is 17.4 Å². The molecule has 1 fully saturated rings. The lowest BCUT2D eigenvalue weighted by molar-refractivity contribution is 0.312. The average Bonchev–Trinajstić information content (AvgIpc) is 3.18. The van der Waals surface area contributed by atoms with Gasteiger partial charge in [-0.05, 0) is 30.8 Å². The zero-order chi connectivity index (χ0) is 20.1. The van der Waals surface area contributed by atoms with E-state index in [1.807, 2.05) is 35.0 Å². The van der Waals surface area contributed by atoms with Crippen LogP contribution in [0.5, 0.6) is 0 Å². The van der Waals surface area contributed by atoms with Crippen LogP contribution in [0.4, 0.5) is 5.82 Å². The molecule has 0 aliphatic carbocycles. The van der Waals surface area contributed by atoms with Gasteiger partial charge in [-0.1, -0.05) is 12.1 Å². The fourth-order valence-corrected chi connectivity index (χ4v) is 3.32. The predicted molar refractivity (Wildman–Crippen MR) is 129 cm³/mol.